The summed E-state index contributed by atoms with van der Waals surface area (Å²) in [7, 11) is 0. The van der Waals surface area contributed by atoms with Crippen LogP contribution in [0.2, 0.25) is 0 Å². The zero-order valence-corrected chi connectivity index (χ0v) is 10.3. The minimum atomic E-state index is -0.123. The predicted octanol–water partition coefficient (Wildman–Crippen LogP) is 1.49. The van der Waals surface area contributed by atoms with Gasteiger partial charge in [0.1, 0.15) is 9.88 Å². The number of thiazole rings is 1. The maximum atomic E-state index is 11.8. The third-order valence-corrected chi connectivity index (χ3v) is 3.53. The van der Waals surface area contributed by atoms with E-state index in [1.165, 1.54) is 11.3 Å². The van der Waals surface area contributed by atoms with E-state index in [1.54, 1.807) is 6.20 Å². The highest BCUT2D eigenvalue weighted by Crippen LogP contribution is 2.11. The Hall–Kier alpha value is -1.34. The number of carbonyl (C=O) groups excluding carboxylic acids is 1. The molecule has 84 valence electrons. The van der Waals surface area contributed by atoms with Crippen LogP contribution in [0.5, 0.6) is 0 Å². The lowest BCUT2D eigenvalue weighted by molar-refractivity contribution is 0.0954. The number of hydrogen-bond donors (Lipinski definition) is 1. The van der Waals surface area contributed by atoms with Gasteiger partial charge in [-0.25, -0.2) is 4.98 Å². The van der Waals surface area contributed by atoms with Gasteiger partial charge in [-0.1, -0.05) is 11.4 Å². The van der Waals surface area contributed by atoms with Crippen LogP contribution in [0.25, 0.3) is 0 Å². The fourth-order valence-corrected chi connectivity index (χ4v) is 2.41. The number of nitrogens with zero attached hydrogens (tertiary/aromatic N) is 3. The molecule has 0 aliphatic heterocycles. The first kappa shape index (κ1) is 11.2. The van der Waals surface area contributed by atoms with Gasteiger partial charge in [0.2, 0.25) is 0 Å². The minimum Gasteiger partial charge on any atom is -0.345 e. The molecule has 1 amide bonds. The van der Waals surface area contributed by atoms with E-state index in [-0.39, 0.29) is 5.91 Å². The van der Waals surface area contributed by atoms with Crippen molar-refractivity contribution in [2.24, 2.45) is 0 Å². The Kier molecular flexibility index (Phi) is 3.58. The fraction of sp³-hybridized carbons (Fsp3) is 0.333. The van der Waals surface area contributed by atoms with E-state index in [4.69, 9.17) is 0 Å². The molecule has 7 heteroatoms. The number of hydrogen-bond acceptors (Lipinski definition) is 6. The molecule has 2 heterocycles. The molecule has 5 nitrogen and oxygen atoms in total. The SMILES string of the molecule is CCc1nnsc1C(=O)NCc1nccs1. The fourth-order valence-electron chi connectivity index (χ4n) is 1.19. The molecular weight excluding hydrogens is 244 g/mol. The summed E-state index contributed by atoms with van der Waals surface area (Å²) in [6.07, 6.45) is 2.44. The molecule has 0 saturated carbocycles. The van der Waals surface area contributed by atoms with Crippen molar-refractivity contribution in [3.8, 4) is 0 Å². The third kappa shape index (κ3) is 2.42. The lowest BCUT2D eigenvalue weighted by Crippen LogP contribution is -2.22. The van der Waals surface area contributed by atoms with E-state index in [9.17, 15) is 4.79 Å². The molecule has 0 aliphatic rings. The Bertz CT molecular complexity index is 466. The molecule has 0 unspecified atom stereocenters. The molecule has 0 fully saturated rings. The Morgan fingerprint density at radius 1 is 1.56 bits per heavy atom. The minimum absolute atomic E-state index is 0.123. The van der Waals surface area contributed by atoms with Gasteiger partial charge in [0, 0.05) is 11.6 Å². The average molecular weight is 254 g/mol. The molecule has 0 bridgehead atoms. The van der Waals surface area contributed by atoms with Crippen LogP contribution < -0.4 is 5.32 Å². The number of aryl methyl sites for hydroxylation is 1. The smallest absolute Gasteiger partial charge is 0.265 e. The van der Waals surface area contributed by atoms with Crippen LogP contribution in [0.1, 0.15) is 27.3 Å². The monoisotopic (exact) mass is 254 g/mol. The molecule has 0 saturated heterocycles. The summed E-state index contributed by atoms with van der Waals surface area (Å²) >= 11 is 2.65. The second-order valence-electron chi connectivity index (χ2n) is 3.01. The van der Waals surface area contributed by atoms with Gasteiger partial charge in [0.05, 0.1) is 12.2 Å². The van der Waals surface area contributed by atoms with Gasteiger partial charge in [0.25, 0.3) is 5.91 Å². The first-order chi connectivity index (χ1) is 7.81. The van der Waals surface area contributed by atoms with E-state index in [0.717, 1.165) is 28.7 Å². The second kappa shape index (κ2) is 5.13. The maximum Gasteiger partial charge on any atom is 0.265 e. The van der Waals surface area contributed by atoms with Crippen molar-refractivity contribution in [1.29, 1.82) is 0 Å². The highest BCUT2D eigenvalue weighted by atomic mass is 32.1. The largest absolute Gasteiger partial charge is 0.345 e. The van der Waals surface area contributed by atoms with Gasteiger partial charge in [0.15, 0.2) is 0 Å². The van der Waals surface area contributed by atoms with Gasteiger partial charge in [-0.2, -0.15) is 0 Å². The summed E-state index contributed by atoms with van der Waals surface area (Å²) in [6, 6.07) is 0. The lowest BCUT2D eigenvalue weighted by Gasteiger charge is -2.00. The van der Waals surface area contributed by atoms with Crippen molar-refractivity contribution in [2.75, 3.05) is 0 Å². The summed E-state index contributed by atoms with van der Waals surface area (Å²) in [6.45, 7) is 2.41. The molecule has 1 N–H and O–H groups in total. The highest BCUT2D eigenvalue weighted by Gasteiger charge is 2.14. The molecule has 2 rings (SSSR count). The maximum absolute atomic E-state index is 11.8. The lowest BCUT2D eigenvalue weighted by atomic mass is 10.3. The summed E-state index contributed by atoms with van der Waals surface area (Å²) in [5.41, 5.74) is 0.752. The number of rotatable bonds is 4. The van der Waals surface area contributed by atoms with Crippen molar-refractivity contribution >= 4 is 28.8 Å². The quantitative estimate of drug-likeness (QED) is 0.897. The van der Waals surface area contributed by atoms with Gasteiger partial charge in [-0.3, -0.25) is 4.79 Å². The van der Waals surface area contributed by atoms with Crippen molar-refractivity contribution in [2.45, 2.75) is 19.9 Å². The second-order valence-corrected chi connectivity index (χ2v) is 4.74. The van der Waals surface area contributed by atoms with Gasteiger partial charge >= 0.3 is 0 Å². The molecule has 2 aromatic heterocycles. The normalized spacial score (nSPS) is 10.3. The standard InChI is InChI=1S/C9H10N4OS2/c1-2-6-8(16-13-12-6)9(14)11-5-7-10-3-4-15-7/h3-4H,2,5H2,1H3,(H,11,14). The van der Waals surface area contributed by atoms with Crippen LogP contribution in [0.4, 0.5) is 0 Å². The van der Waals surface area contributed by atoms with Crippen LogP contribution in [0.3, 0.4) is 0 Å². The van der Waals surface area contributed by atoms with Crippen molar-refractivity contribution < 1.29 is 4.79 Å². The van der Waals surface area contributed by atoms with Crippen LogP contribution in [-0.2, 0) is 13.0 Å². The molecule has 2 aromatic rings. The summed E-state index contributed by atoms with van der Waals surface area (Å²) in [5, 5.41) is 9.47. The Morgan fingerprint density at radius 3 is 3.12 bits per heavy atom. The molecule has 0 radical (unpaired) electrons. The van der Waals surface area contributed by atoms with Crippen molar-refractivity contribution in [3.05, 3.63) is 27.2 Å². The summed E-state index contributed by atoms with van der Waals surface area (Å²) < 4.78 is 3.78. The van der Waals surface area contributed by atoms with Crippen LogP contribution >= 0.6 is 22.9 Å². The molecular formula is C9H10N4OS2. The van der Waals surface area contributed by atoms with Gasteiger partial charge in [-0.05, 0) is 18.0 Å². The number of aromatic nitrogens is 3. The average Bonchev–Trinajstić information content (AvgIpc) is 2.96. The van der Waals surface area contributed by atoms with Gasteiger partial charge in [-0.15, -0.1) is 16.4 Å². The highest BCUT2D eigenvalue weighted by molar-refractivity contribution is 7.09. The van der Waals surface area contributed by atoms with E-state index < -0.39 is 0 Å². The third-order valence-electron chi connectivity index (χ3n) is 1.98. The Balaban J connectivity index is 1.98. The number of amides is 1. The van der Waals surface area contributed by atoms with Crippen molar-refractivity contribution in [3.63, 3.8) is 0 Å². The Morgan fingerprint density at radius 2 is 2.44 bits per heavy atom. The molecule has 0 aliphatic carbocycles. The molecule has 16 heavy (non-hydrogen) atoms. The zero-order chi connectivity index (χ0) is 11.4. The van der Waals surface area contributed by atoms with Crippen LogP contribution in [-0.4, -0.2) is 20.5 Å². The topological polar surface area (TPSA) is 67.8 Å². The first-order valence-electron chi connectivity index (χ1n) is 4.79. The predicted molar refractivity (Wildman–Crippen MR) is 62.6 cm³/mol. The zero-order valence-electron chi connectivity index (χ0n) is 8.64. The van der Waals surface area contributed by atoms with Crippen LogP contribution in [0.15, 0.2) is 11.6 Å². The first-order valence-corrected chi connectivity index (χ1v) is 6.44. The van der Waals surface area contributed by atoms with Gasteiger partial charge < -0.3 is 5.32 Å². The molecule has 0 spiro atoms. The van der Waals surface area contributed by atoms with Crippen LogP contribution in [0, 0.1) is 0 Å². The number of carbonyl (C=O) groups is 1. The van der Waals surface area contributed by atoms with E-state index >= 15 is 0 Å². The van der Waals surface area contributed by atoms with Crippen molar-refractivity contribution in [1.82, 2.24) is 19.9 Å². The van der Waals surface area contributed by atoms with E-state index in [1.807, 2.05) is 12.3 Å². The summed E-state index contributed by atoms with van der Waals surface area (Å²) in [4.78, 5) is 16.5. The van der Waals surface area contributed by atoms with E-state index in [0.29, 0.717) is 11.4 Å². The van der Waals surface area contributed by atoms with E-state index in [2.05, 4.69) is 19.9 Å². The Labute approximate surface area is 101 Å². The number of nitrogens with one attached hydrogen (secondary N) is 1. The summed E-state index contributed by atoms with van der Waals surface area (Å²) in [5.74, 6) is -0.123. The molecule has 0 aromatic carbocycles. The molecule has 0 atom stereocenters.